The van der Waals surface area contributed by atoms with Crippen molar-refractivity contribution in [3.05, 3.63) is 40.6 Å². The van der Waals surface area contributed by atoms with Crippen molar-refractivity contribution < 1.29 is 19.0 Å². The topological polar surface area (TPSA) is 73.8 Å². The van der Waals surface area contributed by atoms with Crippen LogP contribution in [0.15, 0.2) is 35.7 Å². The second-order valence-electron chi connectivity index (χ2n) is 5.79. The van der Waals surface area contributed by atoms with E-state index in [1.807, 2.05) is 29.6 Å². The van der Waals surface area contributed by atoms with Crippen LogP contribution in [0.4, 0.5) is 5.13 Å². The number of carbonyl (C=O) groups excluding carboxylic acids is 1. The summed E-state index contributed by atoms with van der Waals surface area (Å²) in [7, 11) is 4.80. The zero-order chi connectivity index (χ0) is 19.9. The summed E-state index contributed by atoms with van der Waals surface area (Å²) in [5, 5.41) is 11.7. The molecule has 0 atom stereocenters. The maximum Gasteiger partial charge on any atom is 0.234 e. The molecule has 2 aromatic heterocycles. The molecule has 2 heterocycles. The lowest BCUT2D eigenvalue weighted by molar-refractivity contribution is -0.118. The first-order valence-corrected chi connectivity index (χ1v) is 10.2. The summed E-state index contributed by atoms with van der Waals surface area (Å²) in [5.74, 6) is 1.29. The van der Waals surface area contributed by atoms with Crippen LogP contribution in [-0.2, 0) is 16.0 Å². The molecule has 0 N–H and O–H groups in total. The van der Waals surface area contributed by atoms with Crippen molar-refractivity contribution in [1.82, 2.24) is 10.2 Å². The molecule has 148 valence electrons. The summed E-state index contributed by atoms with van der Waals surface area (Å²) < 4.78 is 15.8. The third kappa shape index (κ3) is 4.86. The van der Waals surface area contributed by atoms with E-state index in [-0.39, 0.29) is 5.91 Å². The first-order chi connectivity index (χ1) is 13.6. The third-order valence-electron chi connectivity index (χ3n) is 3.97. The molecule has 0 radical (unpaired) electrons. The van der Waals surface area contributed by atoms with Gasteiger partial charge in [-0.3, -0.25) is 9.69 Å². The minimum absolute atomic E-state index is 0.0366. The number of anilines is 1. The number of thiophene rings is 1. The van der Waals surface area contributed by atoms with E-state index in [9.17, 15) is 4.79 Å². The lowest BCUT2D eigenvalue weighted by atomic mass is 10.2. The Balaban J connectivity index is 1.86. The molecule has 0 unspecified atom stereocenters. The van der Waals surface area contributed by atoms with Crippen molar-refractivity contribution in [2.75, 3.05) is 39.4 Å². The van der Waals surface area contributed by atoms with Crippen molar-refractivity contribution in [2.45, 2.75) is 6.42 Å². The van der Waals surface area contributed by atoms with Crippen molar-refractivity contribution in [3.8, 4) is 22.1 Å². The average molecular weight is 420 g/mol. The van der Waals surface area contributed by atoms with E-state index in [1.54, 1.807) is 43.6 Å². The van der Waals surface area contributed by atoms with Crippen molar-refractivity contribution >= 4 is 33.7 Å². The van der Waals surface area contributed by atoms with Gasteiger partial charge in [-0.05, 0) is 23.6 Å². The maximum absolute atomic E-state index is 12.8. The number of methoxy groups -OCH3 is 3. The van der Waals surface area contributed by atoms with Crippen LogP contribution >= 0.6 is 22.7 Å². The van der Waals surface area contributed by atoms with E-state index in [0.29, 0.717) is 41.2 Å². The second kappa shape index (κ2) is 9.63. The predicted molar refractivity (Wildman–Crippen MR) is 111 cm³/mol. The SMILES string of the molecule is COCCN(C(=O)Cc1cccs1)c1nnc(-c2cc(OC)cc(OC)c2)s1. The van der Waals surface area contributed by atoms with Gasteiger partial charge in [0, 0.05) is 23.6 Å². The van der Waals surface area contributed by atoms with Crippen LogP contribution in [0.25, 0.3) is 10.6 Å². The molecule has 9 heteroatoms. The standard InChI is InChI=1S/C19H21N3O4S2/c1-24-7-6-22(17(23)12-16-5-4-8-27-16)19-21-20-18(28-19)13-9-14(25-2)11-15(10-13)26-3/h4-5,8-11H,6-7,12H2,1-3H3. The lowest BCUT2D eigenvalue weighted by Gasteiger charge is -2.18. The lowest BCUT2D eigenvalue weighted by Crippen LogP contribution is -2.34. The summed E-state index contributed by atoms with van der Waals surface area (Å²) >= 11 is 2.90. The highest BCUT2D eigenvalue weighted by Gasteiger charge is 2.21. The number of ether oxygens (including phenoxy) is 3. The third-order valence-corrected chi connectivity index (χ3v) is 5.84. The minimum atomic E-state index is -0.0366. The molecule has 3 aromatic rings. The Labute approximate surface area is 171 Å². The Kier molecular flexibility index (Phi) is 6.96. The molecule has 0 aliphatic carbocycles. The zero-order valence-corrected chi connectivity index (χ0v) is 17.5. The fraction of sp³-hybridized carbons (Fsp3) is 0.316. The quantitative estimate of drug-likeness (QED) is 0.528. The zero-order valence-electron chi connectivity index (χ0n) is 15.9. The van der Waals surface area contributed by atoms with Gasteiger partial charge in [-0.2, -0.15) is 0 Å². The van der Waals surface area contributed by atoms with Crippen LogP contribution in [0.2, 0.25) is 0 Å². The van der Waals surface area contributed by atoms with Gasteiger partial charge in [-0.15, -0.1) is 21.5 Å². The van der Waals surface area contributed by atoms with Crippen molar-refractivity contribution in [3.63, 3.8) is 0 Å². The summed E-state index contributed by atoms with van der Waals surface area (Å²) in [6.45, 7) is 0.828. The van der Waals surface area contributed by atoms with Crippen LogP contribution in [-0.4, -0.2) is 50.6 Å². The van der Waals surface area contributed by atoms with Gasteiger partial charge in [0.15, 0.2) is 0 Å². The molecule has 1 amide bonds. The first kappa shape index (κ1) is 20.2. The summed E-state index contributed by atoms with van der Waals surface area (Å²) in [6.07, 6.45) is 0.323. The number of benzene rings is 1. The number of amides is 1. The van der Waals surface area contributed by atoms with Gasteiger partial charge in [-0.1, -0.05) is 17.4 Å². The van der Waals surface area contributed by atoms with Gasteiger partial charge in [0.25, 0.3) is 0 Å². The van der Waals surface area contributed by atoms with Gasteiger partial charge in [0.1, 0.15) is 16.5 Å². The van der Waals surface area contributed by atoms with Crippen LogP contribution in [0.5, 0.6) is 11.5 Å². The summed E-state index contributed by atoms with van der Waals surface area (Å²) in [5.41, 5.74) is 0.817. The monoisotopic (exact) mass is 419 g/mol. The Morgan fingerprint density at radius 3 is 2.46 bits per heavy atom. The van der Waals surface area contributed by atoms with E-state index in [4.69, 9.17) is 14.2 Å². The van der Waals surface area contributed by atoms with Crippen LogP contribution < -0.4 is 14.4 Å². The molecular weight excluding hydrogens is 398 g/mol. The number of carbonyl (C=O) groups is 1. The molecule has 0 saturated heterocycles. The predicted octanol–water partition coefficient (Wildman–Crippen LogP) is 3.51. The average Bonchev–Trinajstić information content (AvgIpc) is 3.40. The molecule has 1 aromatic carbocycles. The Morgan fingerprint density at radius 2 is 1.86 bits per heavy atom. The maximum atomic E-state index is 12.8. The van der Waals surface area contributed by atoms with Crippen molar-refractivity contribution in [1.29, 1.82) is 0 Å². The van der Waals surface area contributed by atoms with Gasteiger partial charge in [0.2, 0.25) is 11.0 Å². The Hall–Kier alpha value is -2.49. The summed E-state index contributed by atoms with van der Waals surface area (Å²) in [4.78, 5) is 15.5. The van der Waals surface area contributed by atoms with Crippen LogP contribution in [0, 0.1) is 0 Å². The molecule has 7 nitrogen and oxygen atoms in total. The van der Waals surface area contributed by atoms with E-state index in [2.05, 4.69) is 10.2 Å². The van der Waals surface area contributed by atoms with Crippen LogP contribution in [0.1, 0.15) is 4.88 Å². The molecule has 0 bridgehead atoms. The summed E-state index contributed by atoms with van der Waals surface area (Å²) in [6, 6.07) is 9.40. The highest BCUT2D eigenvalue weighted by Crippen LogP contribution is 2.34. The largest absolute Gasteiger partial charge is 0.497 e. The van der Waals surface area contributed by atoms with Gasteiger partial charge in [0.05, 0.1) is 33.8 Å². The molecular formula is C19H21N3O4S2. The van der Waals surface area contributed by atoms with E-state index in [1.165, 1.54) is 11.3 Å². The molecule has 0 aliphatic heterocycles. The second-order valence-corrected chi connectivity index (χ2v) is 7.77. The highest BCUT2D eigenvalue weighted by atomic mass is 32.1. The van der Waals surface area contributed by atoms with Gasteiger partial charge >= 0.3 is 0 Å². The minimum Gasteiger partial charge on any atom is -0.497 e. The molecule has 28 heavy (non-hydrogen) atoms. The molecule has 0 saturated carbocycles. The number of hydrogen-bond acceptors (Lipinski definition) is 8. The number of aromatic nitrogens is 2. The van der Waals surface area contributed by atoms with Crippen molar-refractivity contribution in [2.24, 2.45) is 0 Å². The van der Waals surface area contributed by atoms with Gasteiger partial charge < -0.3 is 14.2 Å². The smallest absolute Gasteiger partial charge is 0.234 e. The molecule has 0 spiro atoms. The first-order valence-electron chi connectivity index (χ1n) is 8.53. The van der Waals surface area contributed by atoms with E-state index < -0.39 is 0 Å². The fourth-order valence-electron chi connectivity index (χ4n) is 2.54. The number of hydrogen-bond donors (Lipinski definition) is 0. The Bertz CT molecular complexity index is 890. The number of nitrogens with zero attached hydrogens (tertiary/aromatic N) is 3. The van der Waals surface area contributed by atoms with Gasteiger partial charge in [-0.25, -0.2) is 0 Å². The fourth-order valence-corrected chi connectivity index (χ4v) is 4.11. The molecule has 0 fully saturated rings. The van der Waals surface area contributed by atoms with E-state index >= 15 is 0 Å². The highest BCUT2D eigenvalue weighted by molar-refractivity contribution is 7.18. The normalized spacial score (nSPS) is 10.7. The van der Waals surface area contributed by atoms with Crippen LogP contribution in [0.3, 0.4) is 0 Å². The van der Waals surface area contributed by atoms with E-state index in [0.717, 1.165) is 10.4 Å². The molecule has 0 aliphatic rings. The Morgan fingerprint density at radius 1 is 1.11 bits per heavy atom. The molecule has 3 rings (SSSR count). The number of rotatable bonds is 9.